The lowest BCUT2D eigenvalue weighted by atomic mass is 9.83. The van der Waals surface area contributed by atoms with Crippen LogP contribution in [0, 0.1) is 0 Å². The van der Waals surface area contributed by atoms with Gasteiger partial charge in [-0.05, 0) is 11.6 Å². The first-order chi connectivity index (χ1) is 6.64. The van der Waals surface area contributed by atoms with E-state index in [1.165, 1.54) is 0 Å². The normalized spacial score (nSPS) is 15.1. The molecule has 2 nitrogen and oxygen atoms in total. The first-order valence-electron chi connectivity index (χ1n) is 4.58. The number of rotatable bonds is 4. The molecule has 0 saturated carbocycles. The van der Waals surface area contributed by atoms with Crippen LogP contribution in [0.2, 0.25) is 5.02 Å². The summed E-state index contributed by atoms with van der Waals surface area (Å²) in [5.41, 5.74) is 6.60. The Morgan fingerprint density at radius 1 is 1.43 bits per heavy atom. The quantitative estimate of drug-likeness (QED) is 0.833. The molecule has 0 amide bonds. The Morgan fingerprint density at radius 2 is 2.07 bits per heavy atom. The van der Waals surface area contributed by atoms with Gasteiger partial charge in [0, 0.05) is 24.1 Å². The number of nitrogens with two attached hydrogens (primary N) is 1. The molecule has 1 aromatic carbocycles. The molecule has 0 aliphatic carbocycles. The topological polar surface area (TPSA) is 35.2 Å². The maximum atomic E-state index is 6.11. The van der Waals surface area contributed by atoms with Crippen molar-refractivity contribution in [3.05, 3.63) is 34.9 Å². The minimum Gasteiger partial charge on any atom is -0.384 e. The van der Waals surface area contributed by atoms with Gasteiger partial charge in [-0.25, -0.2) is 0 Å². The van der Waals surface area contributed by atoms with Crippen molar-refractivity contribution in [3.63, 3.8) is 0 Å². The number of benzene rings is 1. The largest absolute Gasteiger partial charge is 0.384 e. The Morgan fingerprint density at radius 3 is 2.57 bits per heavy atom. The molecule has 0 bridgehead atoms. The van der Waals surface area contributed by atoms with Gasteiger partial charge in [0.15, 0.2) is 0 Å². The Bertz CT molecular complexity index is 303. The fraction of sp³-hybridized carbons (Fsp3) is 0.455. The summed E-state index contributed by atoms with van der Waals surface area (Å²) in [6, 6.07) is 7.75. The van der Waals surface area contributed by atoms with Crippen LogP contribution >= 0.6 is 11.6 Å². The average molecular weight is 214 g/mol. The van der Waals surface area contributed by atoms with Crippen molar-refractivity contribution in [2.45, 2.75) is 12.3 Å². The van der Waals surface area contributed by atoms with Gasteiger partial charge in [-0.15, -0.1) is 0 Å². The van der Waals surface area contributed by atoms with E-state index in [4.69, 9.17) is 22.1 Å². The van der Waals surface area contributed by atoms with Crippen LogP contribution in [0.25, 0.3) is 0 Å². The monoisotopic (exact) mass is 213 g/mol. The number of hydrogen-bond donors (Lipinski definition) is 1. The third-order valence-electron chi connectivity index (χ3n) is 2.44. The molecule has 0 aromatic heterocycles. The van der Waals surface area contributed by atoms with Crippen LogP contribution < -0.4 is 5.73 Å². The summed E-state index contributed by atoms with van der Waals surface area (Å²) in [5, 5.41) is 0.748. The van der Waals surface area contributed by atoms with Crippen molar-refractivity contribution in [1.82, 2.24) is 0 Å². The minimum atomic E-state index is -0.201. The molecule has 0 spiro atoms. The molecule has 0 radical (unpaired) electrons. The van der Waals surface area contributed by atoms with E-state index in [0.29, 0.717) is 13.2 Å². The van der Waals surface area contributed by atoms with E-state index in [2.05, 4.69) is 6.92 Å². The lowest BCUT2D eigenvalue weighted by Crippen LogP contribution is -2.36. The fourth-order valence-corrected chi connectivity index (χ4v) is 1.88. The van der Waals surface area contributed by atoms with Crippen LogP contribution in [0.3, 0.4) is 0 Å². The number of methoxy groups -OCH3 is 1. The first-order valence-corrected chi connectivity index (χ1v) is 4.96. The Kier molecular flexibility index (Phi) is 3.93. The molecule has 0 fully saturated rings. The summed E-state index contributed by atoms with van der Waals surface area (Å²) in [5.74, 6) is 0. The second-order valence-electron chi connectivity index (χ2n) is 3.68. The molecule has 3 heteroatoms. The van der Waals surface area contributed by atoms with Gasteiger partial charge in [0.1, 0.15) is 0 Å². The molecule has 14 heavy (non-hydrogen) atoms. The van der Waals surface area contributed by atoms with Crippen LogP contribution in [0.5, 0.6) is 0 Å². The average Bonchev–Trinajstić information content (AvgIpc) is 2.18. The molecule has 0 heterocycles. The number of hydrogen-bond acceptors (Lipinski definition) is 2. The van der Waals surface area contributed by atoms with Gasteiger partial charge < -0.3 is 10.5 Å². The number of halogens is 1. The van der Waals surface area contributed by atoms with Crippen molar-refractivity contribution >= 4 is 11.6 Å². The van der Waals surface area contributed by atoms with E-state index >= 15 is 0 Å². The molecule has 2 N–H and O–H groups in total. The maximum absolute atomic E-state index is 6.11. The van der Waals surface area contributed by atoms with E-state index in [0.717, 1.165) is 10.6 Å². The van der Waals surface area contributed by atoms with Crippen molar-refractivity contribution in [3.8, 4) is 0 Å². The minimum absolute atomic E-state index is 0.201. The summed E-state index contributed by atoms with van der Waals surface area (Å²) in [6.45, 7) is 3.15. The van der Waals surface area contributed by atoms with E-state index in [1.54, 1.807) is 7.11 Å². The molecule has 1 unspecified atom stereocenters. The van der Waals surface area contributed by atoms with Gasteiger partial charge in [0.05, 0.1) is 6.61 Å². The van der Waals surface area contributed by atoms with Gasteiger partial charge >= 0.3 is 0 Å². The van der Waals surface area contributed by atoms with Gasteiger partial charge in [-0.1, -0.05) is 36.7 Å². The second kappa shape index (κ2) is 4.78. The highest BCUT2D eigenvalue weighted by Gasteiger charge is 2.26. The lowest BCUT2D eigenvalue weighted by molar-refractivity contribution is 0.141. The molecule has 78 valence electrons. The van der Waals surface area contributed by atoms with Gasteiger partial charge in [-0.3, -0.25) is 0 Å². The predicted molar refractivity (Wildman–Crippen MR) is 59.7 cm³/mol. The summed E-state index contributed by atoms with van der Waals surface area (Å²) in [4.78, 5) is 0. The smallest absolute Gasteiger partial charge is 0.0569 e. The molecular formula is C11H16ClNO. The summed E-state index contributed by atoms with van der Waals surface area (Å²) < 4.78 is 5.17. The molecule has 0 aliphatic heterocycles. The standard InChI is InChI=1S/C11H16ClNO/c1-11(7-13,8-14-2)9-5-3-4-6-10(9)12/h3-6H,7-8,13H2,1-2H3. The third-order valence-corrected chi connectivity index (χ3v) is 2.77. The first kappa shape index (κ1) is 11.5. The summed E-state index contributed by atoms with van der Waals surface area (Å²) in [7, 11) is 1.67. The van der Waals surface area contributed by atoms with Crippen molar-refractivity contribution in [2.24, 2.45) is 5.73 Å². The van der Waals surface area contributed by atoms with Gasteiger partial charge in [-0.2, -0.15) is 0 Å². The zero-order valence-electron chi connectivity index (χ0n) is 8.59. The van der Waals surface area contributed by atoms with Crippen molar-refractivity contribution < 1.29 is 4.74 Å². The molecule has 0 saturated heterocycles. The molecule has 1 aromatic rings. The molecule has 0 aliphatic rings. The predicted octanol–water partition coefficient (Wildman–Crippen LogP) is 2.20. The SMILES string of the molecule is COCC(C)(CN)c1ccccc1Cl. The van der Waals surface area contributed by atoms with Crippen molar-refractivity contribution in [1.29, 1.82) is 0 Å². The van der Waals surface area contributed by atoms with E-state index in [9.17, 15) is 0 Å². The third kappa shape index (κ3) is 2.27. The second-order valence-corrected chi connectivity index (χ2v) is 4.08. The van der Waals surface area contributed by atoms with Crippen molar-refractivity contribution in [2.75, 3.05) is 20.3 Å². The van der Waals surface area contributed by atoms with Crippen LogP contribution in [0.15, 0.2) is 24.3 Å². The van der Waals surface area contributed by atoms with Crippen LogP contribution in [0.1, 0.15) is 12.5 Å². The van der Waals surface area contributed by atoms with E-state index < -0.39 is 0 Å². The highest BCUT2D eigenvalue weighted by atomic mass is 35.5. The zero-order valence-corrected chi connectivity index (χ0v) is 9.34. The van der Waals surface area contributed by atoms with E-state index in [1.807, 2.05) is 24.3 Å². The van der Waals surface area contributed by atoms with Crippen LogP contribution in [-0.2, 0) is 10.2 Å². The van der Waals surface area contributed by atoms with Gasteiger partial charge in [0.2, 0.25) is 0 Å². The van der Waals surface area contributed by atoms with Crippen LogP contribution in [0.4, 0.5) is 0 Å². The highest BCUT2D eigenvalue weighted by molar-refractivity contribution is 6.31. The molecule has 1 atom stereocenters. The zero-order chi connectivity index (χ0) is 10.6. The van der Waals surface area contributed by atoms with E-state index in [-0.39, 0.29) is 5.41 Å². The maximum Gasteiger partial charge on any atom is 0.0569 e. The Balaban J connectivity index is 3.05. The summed E-state index contributed by atoms with van der Waals surface area (Å²) >= 11 is 6.11. The lowest BCUT2D eigenvalue weighted by Gasteiger charge is -2.28. The Hall–Kier alpha value is -0.570. The fourth-order valence-electron chi connectivity index (χ4n) is 1.52. The summed E-state index contributed by atoms with van der Waals surface area (Å²) in [6.07, 6.45) is 0. The number of ether oxygens (including phenoxy) is 1. The highest BCUT2D eigenvalue weighted by Crippen LogP contribution is 2.29. The molecular weight excluding hydrogens is 198 g/mol. The molecule has 1 rings (SSSR count). The van der Waals surface area contributed by atoms with Gasteiger partial charge in [0.25, 0.3) is 0 Å². The van der Waals surface area contributed by atoms with Crippen LogP contribution in [-0.4, -0.2) is 20.3 Å². The Labute approximate surface area is 90.0 Å².